The maximum atomic E-state index is 13.2. The van der Waals surface area contributed by atoms with Crippen LogP contribution in [-0.4, -0.2) is 9.97 Å². The smallest absolute Gasteiger partial charge is 0.141 e. The van der Waals surface area contributed by atoms with E-state index in [1.165, 1.54) is 23.9 Å². The standard InChI is InChI=1S/C15H17FIN3S/c1-9(2)6-12-14(17)15(18)20-13(19-12)8-21-11-5-3-4-10(16)7-11/h3-5,7,9H,6,8H2,1-2H3,(H2,18,19,20). The summed E-state index contributed by atoms with van der Waals surface area (Å²) < 4.78 is 14.1. The fraction of sp³-hybridized carbons (Fsp3) is 0.333. The number of halogens is 2. The fourth-order valence-electron chi connectivity index (χ4n) is 1.86. The van der Waals surface area contributed by atoms with E-state index < -0.39 is 0 Å². The predicted octanol–water partition coefficient (Wildman–Crippen LogP) is 4.29. The van der Waals surface area contributed by atoms with Gasteiger partial charge in [0.25, 0.3) is 0 Å². The lowest BCUT2D eigenvalue weighted by Crippen LogP contribution is -2.09. The Balaban J connectivity index is 2.14. The van der Waals surface area contributed by atoms with Crippen LogP contribution in [0.2, 0.25) is 0 Å². The Morgan fingerprint density at radius 1 is 1.33 bits per heavy atom. The Morgan fingerprint density at radius 3 is 2.76 bits per heavy atom. The Bertz CT molecular complexity index is 634. The summed E-state index contributed by atoms with van der Waals surface area (Å²) in [4.78, 5) is 9.78. The van der Waals surface area contributed by atoms with Crippen LogP contribution in [0.5, 0.6) is 0 Å². The first-order valence-corrected chi connectivity index (χ1v) is 8.71. The molecule has 0 bridgehead atoms. The number of nitrogens with zero attached hydrogens (tertiary/aromatic N) is 2. The molecule has 0 aliphatic rings. The van der Waals surface area contributed by atoms with Crippen LogP contribution in [-0.2, 0) is 12.2 Å². The minimum absolute atomic E-state index is 0.233. The lowest BCUT2D eigenvalue weighted by atomic mass is 10.1. The number of nitrogens with two attached hydrogens (primary N) is 1. The predicted molar refractivity (Wildman–Crippen MR) is 93.7 cm³/mol. The highest BCUT2D eigenvalue weighted by molar-refractivity contribution is 14.1. The van der Waals surface area contributed by atoms with Crippen molar-refractivity contribution in [1.29, 1.82) is 0 Å². The molecule has 1 heterocycles. The topological polar surface area (TPSA) is 51.8 Å². The molecule has 0 unspecified atom stereocenters. The van der Waals surface area contributed by atoms with E-state index in [1.807, 2.05) is 6.07 Å². The van der Waals surface area contributed by atoms with E-state index in [9.17, 15) is 4.39 Å². The van der Waals surface area contributed by atoms with Gasteiger partial charge in [-0.15, -0.1) is 11.8 Å². The summed E-state index contributed by atoms with van der Waals surface area (Å²) in [5.41, 5.74) is 6.96. The maximum absolute atomic E-state index is 13.2. The highest BCUT2D eigenvalue weighted by atomic mass is 127. The molecule has 6 heteroatoms. The van der Waals surface area contributed by atoms with Gasteiger partial charge in [-0.25, -0.2) is 14.4 Å². The minimum Gasteiger partial charge on any atom is -0.383 e. The second-order valence-corrected chi connectivity index (χ2v) is 7.26. The molecule has 0 saturated heterocycles. The molecule has 2 aromatic rings. The van der Waals surface area contributed by atoms with E-state index in [-0.39, 0.29) is 5.82 Å². The van der Waals surface area contributed by atoms with E-state index in [0.717, 1.165) is 20.6 Å². The second kappa shape index (κ2) is 7.40. The van der Waals surface area contributed by atoms with E-state index in [0.29, 0.717) is 23.3 Å². The molecule has 0 fully saturated rings. The van der Waals surface area contributed by atoms with Crippen LogP contribution in [0.15, 0.2) is 29.2 Å². The summed E-state index contributed by atoms with van der Waals surface area (Å²) in [6.07, 6.45) is 0.878. The lowest BCUT2D eigenvalue weighted by molar-refractivity contribution is 0.624. The van der Waals surface area contributed by atoms with Gasteiger partial charge in [-0.1, -0.05) is 19.9 Å². The minimum atomic E-state index is -0.233. The van der Waals surface area contributed by atoms with Crippen molar-refractivity contribution in [3.63, 3.8) is 0 Å². The van der Waals surface area contributed by atoms with Crippen molar-refractivity contribution < 1.29 is 4.39 Å². The van der Waals surface area contributed by atoms with E-state index in [4.69, 9.17) is 5.73 Å². The summed E-state index contributed by atoms with van der Waals surface area (Å²) in [6.45, 7) is 4.30. The zero-order valence-corrected chi connectivity index (χ0v) is 14.9. The van der Waals surface area contributed by atoms with Crippen molar-refractivity contribution in [3.8, 4) is 0 Å². The number of nitrogen functional groups attached to an aromatic ring is 1. The Kier molecular flexibility index (Phi) is 5.80. The molecule has 1 aromatic heterocycles. The Morgan fingerprint density at radius 2 is 2.10 bits per heavy atom. The van der Waals surface area contributed by atoms with Gasteiger partial charge in [0.15, 0.2) is 0 Å². The zero-order chi connectivity index (χ0) is 15.4. The molecule has 0 radical (unpaired) electrons. The Hall–Kier alpha value is -0.890. The van der Waals surface area contributed by atoms with Crippen LogP contribution >= 0.6 is 34.4 Å². The molecular weight excluding hydrogens is 400 g/mol. The Labute approximate surface area is 142 Å². The normalized spacial score (nSPS) is 11.1. The average molecular weight is 417 g/mol. The van der Waals surface area contributed by atoms with Crippen LogP contribution < -0.4 is 5.73 Å². The van der Waals surface area contributed by atoms with Gasteiger partial charge in [0.2, 0.25) is 0 Å². The number of rotatable bonds is 5. The molecule has 0 atom stereocenters. The summed E-state index contributed by atoms with van der Waals surface area (Å²) in [5, 5.41) is 0. The van der Waals surface area contributed by atoms with Gasteiger partial charge in [-0.2, -0.15) is 0 Å². The van der Waals surface area contributed by atoms with Crippen molar-refractivity contribution in [3.05, 3.63) is 45.2 Å². The second-order valence-electron chi connectivity index (χ2n) is 5.13. The molecule has 2 N–H and O–H groups in total. The molecule has 112 valence electrons. The third kappa shape index (κ3) is 4.81. The van der Waals surface area contributed by atoms with Gasteiger partial charge in [0.1, 0.15) is 17.5 Å². The summed E-state index contributed by atoms with van der Waals surface area (Å²) in [5.74, 6) is 2.07. The van der Waals surface area contributed by atoms with Gasteiger partial charge < -0.3 is 5.73 Å². The van der Waals surface area contributed by atoms with E-state index >= 15 is 0 Å². The van der Waals surface area contributed by atoms with Gasteiger partial charge in [-0.3, -0.25) is 0 Å². The zero-order valence-electron chi connectivity index (χ0n) is 11.9. The van der Waals surface area contributed by atoms with Crippen LogP contribution in [0.4, 0.5) is 10.2 Å². The van der Waals surface area contributed by atoms with Gasteiger partial charge in [-0.05, 0) is 53.1 Å². The lowest BCUT2D eigenvalue weighted by Gasteiger charge is -2.10. The van der Waals surface area contributed by atoms with Crippen LogP contribution in [0.3, 0.4) is 0 Å². The first-order valence-electron chi connectivity index (χ1n) is 6.65. The number of thioether (sulfide) groups is 1. The SMILES string of the molecule is CC(C)Cc1nc(CSc2cccc(F)c2)nc(N)c1I. The van der Waals surface area contributed by atoms with Gasteiger partial charge in [0.05, 0.1) is 15.0 Å². The molecule has 0 aliphatic carbocycles. The maximum Gasteiger partial charge on any atom is 0.141 e. The van der Waals surface area contributed by atoms with Crippen molar-refractivity contribution in [2.75, 3.05) is 5.73 Å². The van der Waals surface area contributed by atoms with Crippen LogP contribution in [0, 0.1) is 15.3 Å². The third-order valence-electron chi connectivity index (χ3n) is 2.76. The third-order valence-corrected chi connectivity index (χ3v) is 4.92. The monoisotopic (exact) mass is 417 g/mol. The number of benzene rings is 1. The van der Waals surface area contributed by atoms with Gasteiger partial charge in [0, 0.05) is 4.90 Å². The summed E-state index contributed by atoms with van der Waals surface area (Å²) in [6, 6.07) is 6.52. The molecule has 21 heavy (non-hydrogen) atoms. The van der Waals surface area contributed by atoms with Crippen LogP contribution in [0.1, 0.15) is 25.4 Å². The van der Waals surface area contributed by atoms with E-state index in [1.54, 1.807) is 6.07 Å². The number of hydrogen-bond donors (Lipinski definition) is 1. The molecule has 0 spiro atoms. The highest BCUT2D eigenvalue weighted by Gasteiger charge is 2.12. The van der Waals surface area contributed by atoms with E-state index in [2.05, 4.69) is 46.4 Å². The number of aromatic nitrogens is 2. The fourth-order valence-corrected chi connectivity index (χ4v) is 3.11. The van der Waals surface area contributed by atoms with Crippen LogP contribution in [0.25, 0.3) is 0 Å². The average Bonchev–Trinajstić information content (AvgIpc) is 2.41. The highest BCUT2D eigenvalue weighted by Crippen LogP contribution is 2.25. The molecule has 3 nitrogen and oxygen atoms in total. The van der Waals surface area contributed by atoms with Crippen molar-refractivity contribution in [1.82, 2.24) is 9.97 Å². The first-order chi connectivity index (χ1) is 9.95. The summed E-state index contributed by atoms with van der Waals surface area (Å²) >= 11 is 3.70. The largest absolute Gasteiger partial charge is 0.383 e. The quantitative estimate of drug-likeness (QED) is 0.583. The van der Waals surface area contributed by atoms with Crippen molar-refractivity contribution in [2.45, 2.75) is 30.9 Å². The van der Waals surface area contributed by atoms with Crippen molar-refractivity contribution in [2.24, 2.45) is 5.92 Å². The molecule has 2 rings (SSSR count). The molecule has 0 saturated carbocycles. The molecule has 0 amide bonds. The number of hydrogen-bond acceptors (Lipinski definition) is 4. The van der Waals surface area contributed by atoms with Crippen molar-refractivity contribution >= 4 is 40.2 Å². The van der Waals surface area contributed by atoms with Gasteiger partial charge >= 0.3 is 0 Å². The summed E-state index contributed by atoms with van der Waals surface area (Å²) in [7, 11) is 0. The molecule has 0 aliphatic heterocycles. The first kappa shape index (κ1) is 16.5. The molecular formula is C15H17FIN3S. The number of anilines is 1. The molecule has 1 aromatic carbocycles.